The van der Waals surface area contributed by atoms with Crippen molar-refractivity contribution in [2.45, 2.75) is 26.3 Å². The van der Waals surface area contributed by atoms with Gasteiger partial charge >= 0.3 is 0 Å². The monoisotopic (exact) mass is 670 g/mol. The predicted octanol–water partition coefficient (Wildman–Crippen LogP) is 4.42. The molecule has 232 valence electrons. The summed E-state index contributed by atoms with van der Waals surface area (Å²) in [6.45, 7) is 3.80. The Morgan fingerprint density at radius 2 is 1.61 bits per heavy atom. The summed E-state index contributed by atoms with van der Waals surface area (Å²) in [6, 6.07) is 8.49. The molecule has 1 aliphatic heterocycles. The Morgan fingerprint density at radius 1 is 0.955 bits per heavy atom. The molecule has 0 saturated carbocycles. The second kappa shape index (κ2) is 13.2. The van der Waals surface area contributed by atoms with E-state index in [-0.39, 0.29) is 50.0 Å². The molecule has 0 aliphatic carbocycles. The van der Waals surface area contributed by atoms with Crippen LogP contribution in [-0.2, 0) is 9.59 Å². The van der Waals surface area contributed by atoms with Crippen LogP contribution in [0.2, 0.25) is 0 Å². The second-order valence-corrected chi connectivity index (χ2v) is 10.7. The van der Waals surface area contributed by atoms with Crippen molar-refractivity contribution in [1.82, 2.24) is 10.4 Å². The third kappa shape index (κ3) is 6.71. The van der Waals surface area contributed by atoms with Crippen molar-refractivity contribution in [3.8, 4) is 28.7 Å². The molecule has 4 N–H and O–H groups in total. The van der Waals surface area contributed by atoms with Crippen molar-refractivity contribution in [2.75, 3.05) is 39.0 Å². The van der Waals surface area contributed by atoms with Crippen LogP contribution in [0.25, 0.3) is 0 Å². The second-order valence-electron chi connectivity index (χ2n) is 9.92. The van der Waals surface area contributed by atoms with Crippen LogP contribution in [0.4, 0.5) is 11.4 Å². The molecule has 1 aliphatic rings. The Kier molecular flexibility index (Phi) is 9.65. The Bertz CT molecular complexity index is 1640. The minimum absolute atomic E-state index is 0.0250. The minimum Gasteiger partial charge on any atom is -0.493 e. The van der Waals surface area contributed by atoms with E-state index in [1.807, 2.05) is 19.9 Å². The summed E-state index contributed by atoms with van der Waals surface area (Å²) in [4.78, 5) is 52.0. The van der Waals surface area contributed by atoms with Crippen LogP contribution in [0.15, 0.2) is 40.9 Å². The van der Waals surface area contributed by atoms with E-state index >= 15 is 0 Å². The highest BCUT2D eigenvalue weighted by atomic mass is 79.9. The fraction of sp³-hybridized carbons (Fsp3) is 0.267. The first-order chi connectivity index (χ1) is 20.9. The molecule has 0 fully saturated rings. The Morgan fingerprint density at radius 3 is 2.20 bits per heavy atom. The zero-order valence-electron chi connectivity index (χ0n) is 24.8. The molecular weight excluding hydrogens is 640 g/mol. The van der Waals surface area contributed by atoms with E-state index in [4.69, 9.17) is 18.9 Å². The smallest absolute Gasteiger partial charge is 0.257 e. The summed E-state index contributed by atoms with van der Waals surface area (Å²) in [6.07, 6.45) is -0.483. The van der Waals surface area contributed by atoms with Gasteiger partial charge in [0.05, 0.1) is 54.7 Å². The number of hydrogen-bond acceptors (Lipinski definition) is 9. The molecule has 0 radical (unpaired) electrons. The number of anilines is 2. The maximum Gasteiger partial charge on any atom is 0.257 e. The number of nitrogens with one attached hydrogen (secondary N) is 3. The van der Waals surface area contributed by atoms with E-state index in [1.54, 1.807) is 12.1 Å². The number of aryl methyl sites for hydroxylation is 2. The molecule has 1 atom stereocenters. The van der Waals surface area contributed by atoms with Crippen LogP contribution in [0.1, 0.15) is 38.3 Å². The van der Waals surface area contributed by atoms with E-state index in [0.717, 1.165) is 18.2 Å². The lowest BCUT2D eigenvalue weighted by atomic mass is 10.1. The molecule has 0 unspecified atom stereocenters. The number of amides is 4. The highest BCUT2D eigenvalue weighted by molar-refractivity contribution is 9.10. The maximum absolute atomic E-state index is 13.7. The average Bonchev–Trinajstić information content (AvgIpc) is 3.07. The first kappa shape index (κ1) is 32.1. The lowest BCUT2D eigenvalue weighted by Gasteiger charge is -2.19. The highest BCUT2D eigenvalue weighted by Gasteiger charge is 2.32. The standard InChI is InChI=1S/C30H31BrN4O9/c1-14-7-15(2)9-16(8-14)44-22-10-17-19(32-30(39)21(34-28(17)37)13-24(36)35(3)40)12-20(22)33-29(38)18-11-23(41-4)26(42-5)27(43-6)25(18)31/h7-12,21,40H,13H2,1-6H3,(H,32,39)(H,33,38)(H,34,37)/t21-/m0/s1. The number of ether oxygens (including phenoxy) is 4. The normalized spacial score (nSPS) is 14.0. The zero-order chi connectivity index (χ0) is 32.3. The first-order valence-electron chi connectivity index (χ1n) is 13.2. The summed E-state index contributed by atoms with van der Waals surface area (Å²) in [5.41, 5.74) is 2.18. The van der Waals surface area contributed by atoms with Gasteiger partial charge in [0.25, 0.3) is 11.8 Å². The van der Waals surface area contributed by atoms with E-state index in [1.165, 1.54) is 39.5 Å². The molecular formula is C30H31BrN4O9. The van der Waals surface area contributed by atoms with Gasteiger partial charge in [-0.15, -0.1) is 0 Å². The van der Waals surface area contributed by atoms with Gasteiger partial charge in [0.15, 0.2) is 17.2 Å². The maximum atomic E-state index is 13.7. The topological polar surface area (TPSA) is 165 Å². The van der Waals surface area contributed by atoms with Crippen LogP contribution in [0.5, 0.6) is 28.7 Å². The van der Waals surface area contributed by atoms with Crippen molar-refractivity contribution in [3.63, 3.8) is 0 Å². The molecule has 44 heavy (non-hydrogen) atoms. The van der Waals surface area contributed by atoms with Gasteiger partial charge in [-0.2, -0.15) is 0 Å². The van der Waals surface area contributed by atoms with Gasteiger partial charge in [-0.25, -0.2) is 5.06 Å². The van der Waals surface area contributed by atoms with E-state index < -0.39 is 36.1 Å². The predicted molar refractivity (Wildman–Crippen MR) is 163 cm³/mol. The molecule has 14 heteroatoms. The molecule has 4 amide bonds. The van der Waals surface area contributed by atoms with Crippen molar-refractivity contribution in [3.05, 3.63) is 63.1 Å². The number of carbonyl (C=O) groups excluding carboxylic acids is 4. The number of methoxy groups -OCH3 is 3. The highest BCUT2D eigenvalue weighted by Crippen LogP contribution is 2.45. The van der Waals surface area contributed by atoms with Gasteiger partial charge in [0, 0.05) is 7.05 Å². The molecule has 13 nitrogen and oxygen atoms in total. The lowest BCUT2D eigenvalue weighted by molar-refractivity contribution is -0.160. The van der Waals surface area contributed by atoms with Crippen LogP contribution in [0.3, 0.4) is 0 Å². The van der Waals surface area contributed by atoms with Gasteiger partial charge in [-0.05, 0) is 71.2 Å². The van der Waals surface area contributed by atoms with E-state index in [0.29, 0.717) is 10.8 Å². The number of nitrogens with zero attached hydrogens (tertiary/aromatic N) is 1. The van der Waals surface area contributed by atoms with E-state index in [2.05, 4.69) is 31.9 Å². The number of benzene rings is 3. The molecule has 0 bridgehead atoms. The molecule has 3 aromatic carbocycles. The number of fused-ring (bicyclic) bond motifs is 1. The van der Waals surface area contributed by atoms with Crippen molar-refractivity contribution < 1.29 is 43.3 Å². The molecule has 1 heterocycles. The Balaban J connectivity index is 1.80. The largest absolute Gasteiger partial charge is 0.493 e. The molecule has 0 saturated heterocycles. The van der Waals surface area contributed by atoms with E-state index in [9.17, 15) is 24.4 Å². The number of hydrogen-bond donors (Lipinski definition) is 4. The molecule has 3 aromatic rings. The summed E-state index contributed by atoms with van der Waals surface area (Å²) in [5, 5.41) is 17.7. The molecule has 0 aromatic heterocycles. The van der Waals surface area contributed by atoms with Crippen LogP contribution in [-0.4, -0.2) is 68.3 Å². The quantitative estimate of drug-likeness (QED) is 0.190. The lowest BCUT2D eigenvalue weighted by Crippen LogP contribution is -2.44. The van der Waals surface area contributed by atoms with Gasteiger partial charge in [0.1, 0.15) is 11.8 Å². The average molecular weight is 672 g/mol. The van der Waals surface area contributed by atoms with Gasteiger partial charge in [-0.3, -0.25) is 24.4 Å². The van der Waals surface area contributed by atoms with Crippen molar-refractivity contribution in [1.29, 1.82) is 0 Å². The summed E-state index contributed by atoms with van der Waals surface area (Å²) < 4.78 is 22.7. The van der Waals surface area contributed by atoms with Crippen LogP contribution < -0.4 is 34.9 Å². The van der Waals surface area contributed by atoms with Gasteiger partial charge in [0.2, 0.25) is 17.6 Å². The summed E-state index contributed by atoms with van der Waals surface area (Å²) in [7, 11) is 5.39. The number of halogens is 1. The zero-order valence-corrected chi connectivity index (χ0v) is 26.4. The van der Waals surface area contributed by atoms with Crippen LogP contribution in [0, 0.1) is 13.8 Å². The molecule has 4 rings (SSSR count). The van der Waals surface area contributed by atoms with Gasteiger partial charge in [-0.1, -0.05) is 6.07 Å². The van der Waals surface area contributed by atoms with Crippen molar-refractivity contribution >= 4 is 50.9 Å². The third-order valence-corrected chi connectivity index (χ3v) is 7.46. The van der Waals surface area contributed by atoms with Gasteiger partial charge < -0.3 is 34.9 Å². The summed E-state index contributed by atoms with van der Waals surface area (Å²) >= 11 is 3.41. The van der Waals surface area contributed by atoms with Crippen molar-refractivity contribution in [2.24, 2.45) is 0 Å². The minimum atomic E-state index is -1.27. The fourth-order valence-electron chi connectivity index (χ4n) is 4.62. The summed E-state index contributed by atoms with van der Waals surface area (Å²) in [5.74, 6) is -1.48. The first-order valence-corrected chi connectivity index (χ1v) is 14.0. The Labute approximate surface area is 261 Å². The SMILES string of the molecule is COc1cc(C(=O)Nc2cc3c(cc2Oc2cc(C)cc(C)c2)C(=O)N[C@@H](CC(=O)N(C)O)C(=O)N3)c(Br)c(OC)c1OC. The third-order valence-electron chi connectivity index (χ3n) is 6.67. The number of hydroxylamine groups is 2. The fourth-order valence-corrected chi connectivity index (χ4v) is 5.26. The number of rotatable bonds is 9. The van der Waals surface area contributed by atoms with Crippen LogP contribution >= 0.6 is 15.9 Å². The molecule has 0 spiro atoms. The Hall–Kier alpha value is -4.82. The number of carbonyl (C=O) groups is 4.